The van der Waals surface area contributed by atoms with Gasteiger partial charge in [-0.1, -0.05) is 74.5 Å². The number of rotatable bonds is 21. The van der Waals surface area contributed by atoms with Crippen molar-refractivity contribution in [3.05, 3.63) is 131 Å². The van der Waals surface area contributed by atoms with Gasteiger partial charge in [0, 0.05) is 60.4 Å². The molecule has 0 aliphatic heterocycles. The Labute approximate surface area is 393 Å². The first-order chi connectivity index (χ1) is 27.3. The summed E-state index contributed by atoms with van der Waals surface area (Å²) in [6.07, 6.45) is 2.16. The molecule has 4 aromatic carbocycles. The van der Waals surface area contributed by atoms with Gasteiger partial charge in [0.1, 0.15) is 0 Å². The van der Waals surface area contributed by atoms with Crippen LogP contribution in [0.5, 0.6) is 0 Å². The second kappa shape index (κ2) is 23.4. The molecule has 0 N–H and O–H groups in total. The van der Waals surface area contributed by atoms with E-state index in [-0.39, 0.29) is 110 Å². The zero-order valence-corrected chi connectivity index (χ0v) is 39.9. The van der Waals surface area contributed by atoms with Crippen molar-refractivity contribution in [1.82, 2.24) is 0 Å². The molecule has 0 fully saturated rings. The van der Waals surface area contributed by atoms with Crippen LogP contribution in [0.1, 0.15) is 69.1 Å². The minimum absolute atomic E-state index is 0. The number of benzene rings is 4. The number of allylic oxidation sites excluding steroid dienone is 2. The van der Waals surface area contributed by atoms with E-state index in [0.29, 0.717) is 31.3 Å². The summed E-state index contributed by atoms with van der Waals surface area (Å²) in [7, 11) is -8.65. The topological polar surface area (TPSA) is 164 Å². The summed E-state index contributed by atoms with van der Waals surface area (Å²) in [6, 6.07) is 34.7. The molecule has 0 unspecified atom stereocenters. The first kappa shape index (κ1) is 50.5. The maximum Gasteiger partial charge on any atom is 1.00 e. The van der Waals surface area contributed by atoms with Crippen LogP contribution in [0.25, 0.3) is 21.5 Å². The Balaban J connectivity index is 0.00000465. The largest absolute Gasteiger partial charge is 1.00 e. The third-order valence-corrected chi connectivity index (χ3v) is 11.8. The van der Waals surface area contributed by atoms with Gasteiger partial charge in [0.05, 0.1) is 32.9 Å². The SMILES string of the molecule is [C-]#[N+]/C(C#N)=C(/c1ccc2c(c1)C(CCOCCCCS(=O)(=O)[O-])(CCOCCCCS(=O)(=O)[O-])c1cc(N(c3ccccc3)c3ccccc3)ccc1-2)C(C)C.[Na+].[Na+]. The fourth-order valence-corrected chi connectivity index (χ4v) is 8.72. The standard InChI is InChI=1S/C44H49N3O8S2.2Na/c1-33(2)43(42(32-45)46-3)34-18-20-38-39-21-19-37(47(35-14-6-4-7-15-35)36-16-8-5-9-17-36)31-41(39)44(40(38)30-34,22-26-54-24-10-12-28-56(48,49)50)23-27-55-25-11-13-29-57(51,52)53;;/h4-9,14-21,30-31,33H,10-13,22-29H2,1-2H3,(H,48,49,50)(H,51,52,53);;/q;2*+1/p-2/b43-42+;;. The number of anilines is 3. The molecule has 15 heteroatoms. The maximum atomic E-state index is 11.2. The zero-order chi connectivity index (χ0) is 41.1. The molecule has 1 aliphatic carbocycles. The third-order valence-electron chi connectivity index (χ3n) is 10.2. The molecule has 0 bridgehead atoms. The summed E-state index contributed by atoms with van der Waals surface area (Å²) in [6.45, 7) is 12.8. The number of hydrogen-bond donors (Lipinski definition) is 0. The summed E-state index contributed by atoms with van der Waals surface area (Å²) < 4.78 is 79.2. The normalized spacial score (nSPS) is 13.2. The van der Waals surface area contributed by atoms with E-state index in [0.717, 1.165) is 44.9 Å². The number of nitriles is 1. The molecular weight excluding hydrogens is 809 g/mol. The number of ether oxygens (including phenoxy) is 2. The molecular formula is C44H47N3Na2O8S2. The maximum absolute atomic E-state index is 11.2. The Morgan fingerprint density at radius 2 is 1.19 bits per heavy atom. The Morgan fingerprint density at radius 3 is 1.63 bits per heavy atom. The van der Waals surface area contributed by atoms with E-state index in [1.54, 1.807) is 0 Å². The minimum Gasteiger partial charge on any atom is -0.748 e. The molecule has 0 saturated heterocycles. The van der Waals surface area contributed by atoms with Gasteiger partial charge in [-0.3, -0.25) is 0 Å². The van der Waals surface area contributed by atoms with Crippen molar-refractivity contribution < 1.29 is 94.5 Å². The van der Waals surface area contributed by atoms with E-state index < -0.39 is 37.2 Å². The van der Waals surface area contributed by atoms with Crippen molar-refractivity contribution >= 4 is 42.9 Å². The van der Waals surface area contributed by atoms with E-state index in [4.69, 9.17) is 16.0 Å². The molecule has 0 saturated carbocycles. The average molecular weight is 856 g/mol. The Morgan fingerprint density at radius 1 is 0.712 bits per heavy atom. The second-order valence-corrected chi connectivity index (χ2v) is 17.4. The van der Waals surface area contributed by atoms with Gasteiger partial charge in [0.2, 0.25) is 0 Å². The van der Waals surface area contributed by atoms with Gasteiger partial charge in [-0.2, -0.15) is 0 Å². The van der Waals surface area contributed by atoms with Crippen LogP contribution in [0.4, 0.5) is 17.1 Å². The van der Waals surface area contributed by atoms with Crippen LogP contribution >= 0.6 is 0 Å². The van der Waals surface area contributed by atoms with E-state index >= 15 is 0 Å². The molecule has 4 aromatic rings. The monoisotopic (exact) mass is 855 g/mol. The van der Waals surface area contributed by atoms with Crippen molar-refractivity contribution in [2.45, 2.75) is 57.8 Å². The van der Waals surface area contributed by atoms with E-state index in [2.05, 4.69) is 64.3 Å². The fourth-order valence-electron chi connectivity index (χ4n) is 7.61. The second-order valence-electron chi connectivity index (χ2n) is 14.4. The number of nitrogens with zero attached hydrogens (tertiary/aromatic N) is 3. The van der Waals surface area contributed by atoms with Gasteiger partial charge < -0.3 is 23.5 Å². The van der Waals surface area contributed by atoms with Crippen LogP contribution in [0.3, 0.4) is 0 Å². The molecule has 59 heavy (non-hydrogen) atoms. The molecule has 0 atom stereocenters. The number of fused-ring (bicyclic) bond motifs is 3. The van der Waals surface area contributed by atoms with Gasteiger partial charge in [-0.15, -0.1) is 0 Å². The van der Waals surface area contributed by atoms with E-state index in [9.17, 15) is 31.2 Å². The molecule has 0 heterocycles. The van der Waals surface area contributed by atoms with Crippen molar-refractivity contribution in [2.24, 2.45) is 5.92 Å². The molecule has 11 nitrogen and oxygen atoms in total. The van der Waals surface area contributed by atoms with Crippen LogP contribution in [0.2, 0.25) is 0 Å². The predicted octanol–water partition coefficient (Wildman–Crippen LogP) is 2.71. The van der Waals surface area contributed by atoms with Gasteiger partial charge in [0.15, 0.2) is 0 Å². The van der Waals surface area contributed by atoms with Crippen molar-refractivity contribution in [3.8, 4) is 17.2 Å². The summed E-state index contributed by atoms with van der Waals surface area (Å²) in [5.74, 6) is -1.03. The molecule has 5 rings (SSSR count). The van der Waals surface area contributed by atoms with Gasteiger partial charge in [-0.25, -0.2) is 26.9 Å². The van der Waals surface area contributed by atoms with Crippen molar-refractivity contribution in [1.29, 1.82) is 5.26 Å². The van der Waals surface area contributed by atoms with E-state index in [1.807, 2.05) is 62.4 Å². The van der Waals surface area contributed by atoms with Crippen LogP contribution < -0.4 is 64.0 Å². The molecule has 300 valence electrons. The van der Waals surface area contributed by atoms with Gasteiger partial charge >= 0.3 is 59.1 Å². The summed E-state index contributed by atoms with van der Waals surface area (Å²) in [5.41, 5.74) is 7.62. The summed E-state index contributed by atoms with van der Waals surface area (Å²) in [4.78, 5) is 5.76. The average Bonchev–Trinajstić information content (AvgIpc) is 3.44. The van der Waals surface area contributed by atoms with Crippen LogP contribution in [0, 0.1) is 23.8 Å². The predicted molar refractivity (Wildman–Crippen MR) is 220 cm³/mol. The van der Waals surface area contributed by atoms with Crippen molar-refractivity contribution in [2.75, 3.05) is 42.8 Å². The first-order valence-corrected chi connectivity index (χ1v) is 22.2. The zero-order valence-electron chi connectivity index (χ0n) is 34.2. The van der Waals surface area contributed by atoms with Crippen LogP contribution in [0.15, 0.2) is 103 Å². The number of hydrogen-bond acceptors (Lipinski definition) is 10. The molecule has 0 spiro atoms. The smallest absolute Gasteiger partial charge is 0.748 e. The number of unbranched alkanes of at least 4 members (excludes halogenated alkanes) is 2. The molecule has 0 radical (unpaired) electrons. The third kappa shape index (κ3) is 13.6. The Bertz CT molecular complexity index is 2250. The van der Waals surface area contributed by atoms with Gasteiger partial charge in [-0.05, 0) is 114 Å². The van der Waals surface area contributed by atoms with Crippen molar-refractivity contribution in [3.63, 3.8) is 0 Å². The van der Waals surface area contributed by atoms with Gasteiger partial charge in [0.25, 0.3) is 5.70 Å². The molecule has 0 amide bonds. The quantitative estimate of drug-likeness (QED) is 0.0401. The fraction of sp³-hybridized carbons (Fsp3) is 0.364. The Kier molecular flexibility index (Phi) is 20.0. The minimum atomic E-state index is -4.32. The molecule has 0 aromatic heterocycles. The van der Waals surface area contributed by atoms with Crippen LogP contribution in [-0.2, 0) is 35.1 Å². The first-order valence-electron chi connectivity index (χ1n) is 19.0. The summed E-state index contributed by atoms with van der Waals surface area (Å²) in [5, 5.41) is 9.95. The van der Waals surface area contributed by atoms with Crippen LogP contribution in [-0.4, -0.2) is 63.9 Å². The Hall–Kier alpha value is -2.86. The molecule has 1 aliphatic rings. The number of para-hydroxylation sites is 2. The van der Waals surface area contributed by atoms with E-state index in [1.165, 1.54) is 0 Å². The summed E-state index contributed by atoms with van der Waals surface area (Å²) >= 11 is 0.